The van der Waals surface area contributed by atoms with Gasteiger partial charge >= 0.3 is 0 Å². The molecule has 6 nitrogen and oxygen atoms in total. The average Bonchev–Trinajstić information content (AvgIpc) is 3.26. The van der Waals surface area contributed by atoms with Crippen molar-refractivity contribution in [3.05, 3.63) is 45.4 Å². The molecule has 1 fully saturated rings. The lowest BCUT2D eigenvalue weighted by atomic mass is 10.1. The molecule has 0 bridgehead atoms. The van der Waals surface area contributed by atoms with Gasteiger partial charge in [0.25, 0.3) is 5.91 Å². The van der Waals surface area contributed by atoms with Crippen LogP contribution in [0, 0.1) is 20.8 Å². The molecule has 1 aliphatic heterocycles. The van der Waals surface area contributed by atoms with Gasteiger partial charge in [-0.1, -0.05) is 21.9 Å². The Kier molecular flexibility index (Phi) is 3.80. The Bertz CT molecular complexity index is 976. The summed E-state index contributed by atoms with van der Waals surface area (Å²) in [5.74, 6) is 0.191. The van der Waals surface area contributed by atoms with E-state index in [9.17, 15) is 4.79 Å². The maximum Gasteiger partial charge on any atom is 0.290 e. The van der Waals surface area contributed by atoms with Crippen LogP contribution in [0.25, 0.3) is 11.0 Å². The van der Waals surface area contributed by atoms with Crippen molar-refractivity contribution >= 4 is 28.5 Å². The lowest BCUT2D eigenvalue weighted by Gasteiger charge is -2.22. The van der Waals surface area contributed by atoms with Crippen molar-refractivity contribution < 1.29 is 13.8 Å². The van der Waals surface area contributed by atoms with E-state index in [1.54, 1.807) is 4.90 Å². The summed E-state index contributed by atoms with van der Waals surface area (Å²) >= 11 is 6.29. The van der Waals surface area contributed by atoms with E-state index >= 15 is 0 Å². The summed E-state index contributed by atoms with van der Waals surface area (Å²) in [5, 5.41) is 9.22. The predicted molar refractivity (Wildman–Crippen MR) is 92.7 cm³/mol. The summed E-state index contributed by atoms with van der Waals surface area (Å²) in [4.78, 5) is 15.0. The number of carbonyl (C=O) groups excluding carboxylic acids is 1. The number of halogens is 1. The van der Waals surface area contributed by atoms with Crippen molar-refractivity contribution in [1.29, 1.82) is 0 Å². The van der Waals surface area contributed by atoms with Gasteiger partial charge in [0.1, 0.15) is 11.4 Å². The number of hydrogen-bond acceptors (Lipinski definition) is 5. The summed E-state index contributed by atoms with van der Waals surface area (Å²) < 4.78 is 10.7. The van der Waals surface area contributed by atoms with E-state index < -0.39 is 0 Å². The highest BCUT2D eigenvalue weighted by atomic mass is 35.5. The highest BCUT2D eigenvalue weighted by Gasteiger charge is 2.36. The van der Waals surface area contributed by atoms with Crippen LogP contribution in [0.3, 0.4) is 0 Å². The number of nitrogens with zero attached hydrogens (tertiary/aromatic N) is 3. The van der Waals surface area contributed by atoms with Gasteiger partial charge < -0.3 is 9.32 Å². The Morgan fingerprint density at radius 3 is 2.80 bits per heavy atom. The van der Waals surface area contributed by atoms with E-state index in [1.807, 2.05) is 32.9 Å². The third kappa shape index (κ3) is 2.52. The Morgan fingerprint density at radius 1 is 1.28 bits per heavy atom. The first kappa shape index (κ1) is 16.1. The summed E-state index contributed by atoms with van der Waals surface area (Å²) in [5.41, 5.74) is 3.83. The van der Waals surface area contributed by atoms with Gasteiger partial charge in [-0.25, -0.2) is 4.63 Å². The topological polar surface area (TPSA) is 72.4 Å². The number of amides is 1. The zero-order chi connectivity index (χ0) is 17.7. The van der Waals surface area contributed by atoms with Gasteiger partial charge in [0.15, 0.2) is 11.3 Å². The zero-order valence-electron chi connectivity index (χ0n) is 14.3. The molecular formula is C18H18ClN3O3. The number of furan rings is 1. The number of benzene rings is 1. The number of aromatic nitrogens is 2. The molecule has 0 saturated carbocycles. The van der Waals surface area contributed by atoms with E-state index in [1.165, 1.54) is 0 Å². The summed E-state index contributed by atoms with van der Waals surface area (Å²) in [6.45, 7) is 6.35. The first-order valence-electron chi connectivity index (χ1n) is 8.26. The molecule has 25 heavy (non-hydrogen) atoms. The largest absolute Gasteiger partial charge is 0.449 e. The fourth-order valence-electron chi connectivity index (χ4n) is 3.58. The quantitative estimate of drug-likeness (QED) is 0.679. The average molecular weight is 360 g/mol. The van der Waals surface area contributed by atoms with E-state index in [4.69, 9.17) is 20.6 Å². The zero-order valence-corrected chi connectivity index (χ0v) is 15.1. The highest BCUT2D eigenvalue weighted by molar-refractivity contribution is 6.35. The lowest BCUT2D eigenvalue weighted by molar-refractivity contribution is 0.0699. The van der Waals surface area contributed by atoms with Crippen molar-refractivity contribution in [3.63, 3.8) is 0 Å². The van der Waals surface area contributed by atoms with Gasteiger partial charge in [-0.3, -0.25) is 4.79 Å². The van der Waals surface area contributed by atoms with Crippen molar-refractivity contribution in [2.24, 2.45) is 0 Å². The van der Waals surface area contributed by atoms with Gasteiger partial charge in [0.2, 0.25) is 0 Å². The van der Waals surface area contributed by atoms with Crippen LogP contribution in [0.15, 0.2) is 21.2 Å². The maximum atomic E-state index is 13.2. The molecule has 0 unspecified atom stereocenters. The molecule has 3 heterocycles. The van der Waals surface area contributed by atoms with Crippen molar-refractivity contribution in [3.8, 4) is 0 Å². The molecule has 7 heteroatoms. The lowest BCUT2D eigenvalue weighted by Crippen LogP contribution is -2.31. The van der Waals surface area contributed by atoms with Crippen molar-refractivity contribution in [2.75, 3.05) is 6.54 Å². The minimum Gasteiger partial charge on any atom is -0.449 e. The van der Waals surface area contributed by atoms with Crippen LogP contribution in [0.2, 0.25) is 5.02 Å². The van der Waals surface area contributed by atoms with Gasteiger partial charge in [-0.2, -0.15) is 0 Å². The number of rotatable bonds is 2. The van der Waals surface area contributed by atoms with Crippen LogP contribution >= 0.6 is 11.6 Å². The molecule has 0 N–H and O–H groups in total. The van der Waals surface area contributed by atoms with E-state index in [2.05, 4.69) is 10.3 Å². The monoisotopic (exact) mass is 359 g/mol. The standard InChI is InChI=1S/C18H18ClN3O3/c1-9-7-12-10(2)16(24-17(12)13(19)8-9)18(23)22-6-4-5-14(22)15-11(3)20-25-21-15/h7-8,14H,4-6H2,1-3H3/t14-/m1/s1. The second-order valence-electron chi connectivity index (χ2n) is 6.57. The molecule has 2 aromatic heterocycles. The first-order chi connectivity index (χ1) is 12.0. The van der Waals surface area contributed by atoms with Gasteiger partial charge in [0.05, 0.1) is 11.1 Å². The molecule has 1 saturated heterocycles. The number of hydrogen-bond donors (Lipinski definition) is 0. The normalized spacial score (nSPS) is 17.6. The second-order valence-corrected chi connectivity index (χ2v) is 6.98. The number of fused-ring (bicyclic) bond motifs is 1. The molecule has 1 aliphatic rings. The molecule has 1 atom stereocenters. The van der Waals surface area contributed by atoms with Crippen molar-refractivity contribution in [2.45, 2.75) is 39.7 Å². The van der Waals surface area contributed by atoms with E-state index in [0.717, 1.165) is 29.4 Å². The minimum absolute atomic E-state index is 0.136. The number of likely N-dealkylation sites (tertiary alicyclic amines) is 1. The third-order valence-corrected chi connectivity index (χ3v) is 5.13. The van der Waals surface area contributed by atoms with E-state index in [-0.39, 0.29) is 11.9 Å². The van der Waals surface area contributed by atoms with Crippen LogP contribution < -0.4 is 0 Å². The van der Waals surface area contributed by atoms with Crippen LogP contribution in [-0.2, 0) is 0 Å². The van der Waals surface area contributed by atoms with Crippen LogP contribution in [0.1, 0.15) is 52.0 Å². The maximum absolute atomic E-state index is 13.2. The van der Waals surface area contributed by atoms with Crippen LogP contribution in [0.5, 0.6) is 0 Å². The van der Waals surface area contributed by atoms with Gasteiger partial charge in [0, 0.05) is 17.5 Å². The Labute approximate surface area is 149 Å². The Hall–Kier alpha value is -2.34. The molecule has 3 aromatic rings. The summed E-state index contributed by atoms with van der Waals surface area (Å²) in [7, 11) is 0. The Morgan fingerprint density at radius 2 is 2.08 bits per heavy atom. The third-order valence-electron chi connectivity index (χ3n) is 4.85. The van der Waals surface area contributed by atoms with Crippen LogP contribution in [0.4, 0.5) is 0 Å². The fourth-order valence-corrected chi connectivity index (χ4v) is 3.89. The molecule has 0 aliphatic carbocycles. The molecule has 1 amide bonds. The summed E-state index contributed by atoms with van der Waals surface area (Å²) in [6.07, 6.45) is 1.74. The Balaban J connectivity index is 1.76. The van der Waals surface area contributed by atoms with Gasteiger partial charge in [-0.05, 0) is 51.3 Å². The molecule has 0 spiro atoms. The predicted octanol–water partition coefficient (Wildman–Crippen LogP) is 4.37. The molecular weight excluding hydrogens is 342 g/mol. The second kappa shape index (κ2) is 5.88. The van der Waals surface area contributed by atoms with Crippen LogP contribution in [-0.4, -0.2) is 27.7 Å². The molecule has 1 aromatic carbocycles. The first-order valence-corrected chi connectivity index (χ1v) is 8.64. The smallest absolute Gasteiger partial charge is 0.290 e. The SMILES string of the molecule is Cc1cc(Cl)c2oc(C(=O)N3CCC[C@@H]3c3nonc3C)c(C)c2c1. The highest BCUT2D eigenvalue weighted by Crippen LogP contribution is 2.37. The van der Waals surface area contributed by atoms with E-state index in [0.29, 0.717) is 34.3 Å². The number of aryl methyl sites for hydroxylation is 3. The molecule has 130 valence electrons. The fraction of sp³-hybridized carbons (Fsp3) is 0.389. The van der Waals surface area contributed by atoms with Crippen molar-refractivity contribution in [1.82, 2.24) is 15.2 Å². The summed E-state index contributed by atoms with van der Waals surface area (Å²) in [6, 6.07) is 3.69. The van der Waals surface area contributed by atoms with Gasteiger partial charge in [-0.15, -0.1) is 0 Å². The molecule has 4 rings (SSSR count). The molecule has 0 radical (unpaired) electrons. The number of carbonyl (C=O) groups is 1. The minimum atomic E-state index is -0.146.